The largest absolute Gasteiger partial charge is 0.493 e. The lowest BCUT2D eigenvalue weighted by Crippen LogP contribution is -2.15. The van der Waals surface area contributed by atoms with E-state index in [2.05, 4.69) is 20.8 Å². The topological polar surface area (TPSA) is 94.6 Å². The molecule has 28 heavy (non-hydrogen) atoms. The second-order valence-corrected chi connectivity index (χ2v) is 5.66. The number of hydrogen-bond donors (Lipinski definition) is 2. The van der Waals surface area contributed by atoms with Crippen LogP contribution in [0.1, 0.15) is 10.5 Å². The SMILES string of the molecule is COc1cc(NC(=O)c2ccc(Nc3ccccc3)nn2)cc(OC)c1OC. The summed E-state index contributed by atoms with van der Waals surface area (Å²) in [7, 11) is 4.53. The number of hydrogen-bond acceptors (Lipinski definition) is 7. The van der Waals surface area contributed by atoms with E-state index in [0.717, 1.165) is 5.69 Å². The van der Waals surface area contributed by atoms with Gasteiger partial charge in [-0.25, -0.2) is 0 Å². The molecule has 8 heteroatoms. The van der Waals surface area contributed by atoms with Gasteiger partial charge in [0.05, 0.1) is 21.3 Å². The molecule has 0 atom stereocenters. The number of aromatic nitrogens is 2. The van der Waals surface area contributed by atoms with Gasteiger partial charge >= 0.3 is 0 Å². The summed E-state index contributed by atoms with van der Waals surface area (Å²) in [4.78, 5) is 12.5. The number of carbonyl (C=O) groups is 1. The molecule has 0 radical (unpaired) electrons. The molecule has 8 nitrogen and oxygen atoms in total. The van der Waals surface area contributed by atoms with E-state index >= 15 is 0 Å². The fraction of sp³-hybridized carbons (Fsp3) is 0.150. The van der Waals surface area contributed by atoms with Gasteiger partial charge in [-0.2, -0.15) is 0 Å². The molecule has 144 valence electrons. The quantitative estimate of drug-likeness (QED) is 0.648. The number of ether oxygens (including phenoxy) is 3. The minimum Gasteiger partial charge on any atom is -0.493 e. The monoisotopic (exact) mass is 380 g/mol. The van der Waals surface area contributed by atoms with Crippen LogP contribution in [0.5, 0.6) is 17.2 Å². The van der Waals surface area contributed by atoms with Gasteiger partial charge in [0.2, 0.25) is 5.75 Å². The summed E-state index contributed by atoms with van der Waals surface area (Å²) in [5.41, 5.74) is 1.53. The third-order valence-electron chi connectivity index (χ3n) is 3.87. The molecule has 0 unspecified atom stereocenters. The maximum absolute atomic E-state index is 12.5. The van der Waals surface area contributed by atoms with Gasteiger partial charge in [0.15, 0.2) is 23.0 Å². The van der Waals surface area contributed by atoms with E-state index in [1.807, 2.05) is 30.3 Å². The predicted octanol–water partition coefficient (Wildman–Crippen LogP) is 3.50. The number of anilines is 3. The maximum atomic E-state index is 12.5. The zero-order chi connectivity index (χ0) is 19.9. The Morgan fingerprint density at radius 1 is 0.821 bits per heavy atom. The van der Waals surface area contributed by atoms with Crippen LogP contribution in [0.2, 0.25) is 0 Å². The Morgan fingerprint density at radius 2 is 1.50 bits per heavy atom. The number of methoxy groups -OCH3 is 3. The van der Waals surface area contributed by atoms with Crippen molar-refractivity contribution in [1.82, 2.24) is 10.2 Å². The Bertz CT molecular complexity index is 921. The lowest BCUT2D eigenvalue weighted by Gasteiger charge is -2.14. The number of nitrogens with zero attached hydrogens (tertiary/aromatic N) is 2. The average Bonchev–Trinajstić information content (AvgIpc) is 2.74. The summed E-state index contributed by atoms with van der Waals surface area (Å²) < 4.78 is 15.8. The third-order valence-corrected chi connectivity index (χ3v) is 3.87. The first-order chi connectivity index (χ1) is 13.6. The van der Waals surface area contributed by atoms with Crippen LogP contribution in [0.4, 0.5) is 17.2 Å². The van der Waals surface area contributed by atoms with Gasteiger partial charge in [-0.15, -0.1) is 10.2 Å². The smallest absolute Gasteiger partial charge is 0.276 e. The van der Waals surface area contributed by atoms with Crippen LogP contribution in [0.25, 0.3) is 0 Å². The van der Waals surface area contributed by atoms with E-state index in [9.17, 15) is 4.79 Å². The maximum Gasteiger partial charge on any atom is 0.276 e. The van der Waals surface area contributed by atoms with Gasteiger partial charge in [-0.3, -0.25) is 4.79 Å². The molecule has 3 aromatic rings. The molecule has 0 aliphatic heterocycles. The highest BCUT2D eigenvalue weighted by Crippen LogP contribution is 2.39. The molecule has 1 aromatic heterocycles. The second-order valence-electron chi connectivity index (χ2n) is 5.66. The van der Waals surface area contributed by atoms with Crippen molar-refractivity contribution in [3.63, 3.8) is 0 Å². The van der Waals surface area contributed by atoms with E-state index in [-0.39, 0.29) is 5.69 Å². The zero-order valence-electron chi connectivity index (χ0n) is 15.7. The van der Waals surface area contributed by atoms with Gasteiger partial charge in [0.1, 0.15) is 0 Å². The molecule has 2 aromatic carbocycles. The molecule has 0 spiro atoms. The van der Waals surface area contributed by atoms with Crippen molar-refractivity contribution in [2.75, 3.05) is 32.0 Å². The molecule has 1 heterocycles. The van der Waals surface area contributed by atoms with Crippen LogP contribution < -0.4 is 24.8 Å². The molecule has 0 saturated carbocycles. The minimum atomic E-state index is -0.409. The van der Waals surface area contributed by atoms with Crippen LogP contribution >= 0.6 is 0 Å². The molecule has 1 amide bonds. The fourth-order valence-electron chi connectivity index (χ4n) is 2.54. The lowest BCUT2D eigenvalue weighted by molar-refractivity contribution is 0.102. The number of nitrogens with one attached hydrogen (secondary N) is 2. The standard InChI is InChI=1S/C20H20N4O4/c1-26-16-11-14(12-17(27-2)19(16)28-3)22-20(25)15-9-10-18(24-23-15)21-13-7-5-4-6-8-13/h4-12H,1-3H3,(H,21,24)(H,22,25). The first kappa shape index (κ1) is 19.0. The zero-order valence-corrected chi connectivity index (χ0v) is 15.7. The van der Waals surface area contributed by atoms with Crippen LogP contribution in [-0.4, -0.2) is 37.4 Å². The van der Waals surface area contributed by atoms with E-state index < -0.39 is 5.91 Å². The molecule has 0 aliphatic rings. The number of rotatable bonds is 7. The van der Waals surface area contributed by atoms with Crippen molar-refractivity contribution >= 4 is 23.1 Å². The van der Waals surface area contributed by atoms with Gasteiger partial charge in [0, 0.05) is 23.5 Å². The van der Waals surface area contributed by atoms with Crippen molar-refractivity contribution in [3.8, 4) is 17.2 Å². The Labute approximate surface area is 162 Å². The Morgan fingerprint density at radius 3 is 2.04 bits per heavy atom. The van der Waals surface area contributed by atoms with Crippen molar-refractivity contribution in [2.24, 2.45) is 0 Å². The van der Waals surface area contributed by atoms with Crippen LogP contribution in [-0.2, 0) is 0 Å². The van der Waals surface area contributed by atoms with E-state index in [1.165, 1.54) is 21.3 Å². The lowest BCUT2D eigenvalue weighted by atomic mass is 10.2. The fourth-order valence-corrected chi connectivity index (χ4v) is 2.54. The van der Waals surface area contributed by atoms with Crippen LogP contribution in [0.15, 0.2) is 54.6 Å². The van der Waals surface area contributed by atoms with Gasteiger partial charge in [-0.1, -0.05) is 18.2 Å². The van der Waals surface area contributed by atoms with Gasteiger partial charge in [-0.05, 0) is 24.3 Å². The van der Waals surface area contributed by atoms with E-state index in [4.69, 9.17) is 14.2 Å². The van der Waals surface area contributed by atoms with Gasteiger partial charge in [0.25, 0.3) is 5.91 Å². The number of amides is 1. The average molecular weight is 380 g/mol. The van der Waals surface area contributed by atoms with Crippen molar-refractivity contribution in [2.45, 2.75) is 0 Å². The summed E-state index contributed by atoms with van der Waals surface area (Å²) in [6.45, 7) is 0. The van der Waals surface area contributed by atoms with Crippen molar-refractivity contribution in [1.29, 1.82) is 0 Å². The first-order valence-electron chi connectivity index (χ1n) is 8.41. The number of para-hydroxylation sites is 1. The highest BCUT2D eigenvalue weighted by atomic mass is 16.5. The molecule has 3 rings (SSSR count). The number of benzene rings is 2. The molecule has 0 bridgehead atoms. The summed E-state index contributed by atoms with van der Waals surface area (Å²) in [5, 5.41) is 13.9. The summed E-state index contributed by atoms with van der Waals surface area (Å²) >= 11 is 0. The Hall–Kier alpha value is -3.81. The van der Waals surface area contributed by atoms with Crippen LogP contribution in [0.3, 0.4) is 0 Å². The Kier molecular flexibility index (Phi) is 5.91. The molecular weight excluding hydrogens is 360 g/mol. The third kappa shape index (κ3) is 4.29. The Balaban J connectivity index is 1.74. The minimum absolute atomic E-state index is 0.173. The van der Waals surface area contributed by atoms with Crippen LogP contribution in [0, 0.1) is 0 Å². The molecule has 0 aliphatic carbocycles. The summed E-state index contributed by atoms with van der Waals surface area (Å²) in [6.07, 6.45) is 0. The number of carbonyl (C=O) groups excluding carboxylic acids is 1. The second kappa shape index (κ2) is 8.72. The van der Waals surface area contributed by atoms with E-state index in [0.29, 0.717) is 28.8 Å². The van der Waals surface area contributed by atoms with Gasteiger partial charge < -0.3 is 24.8 Å². The molecule has 2 N–H and O–H groups in total. The molecular formula is C20H20N4O4. The molecule has 0 saturated heterocycles. The molecule has 0 fully saturated rings. The normalized spacial score (nSPS) is 10.1. The first-order valence-corrected chi connectivity index (χ1v) is 8.41. The van der Waals surface area contributed by atoms with Crippen molar-refractivity contribution in [3.05, 3.63) is 60.3 Å². The summed E-state index contributed by atoms with van der Waals surface area (Å²) in [5.74, 6) is 1.44. The van der Waals surface area contributed by atoms with Crippen molar-refractivity contribution < 1.29 is 19.0 Å². The predicted molar refractivity (Wildman–Crippen MR) is 106 cm³/mol. The summed E-state index contributed by atoms with van der Waals surface area (Å²) in [6, 6.07) is 16.1. The highest BCUT2D eigenvalue weighted by molar-refractivity contribution is 6.03. The van der Waals surface area contributed by atoms with E-state index in [1.54, 1.807) is 24.3 Å². The highest BCUT2D eigenvalue weighted by Gasteiger charge is 2.16.